The summed E-state index contributed by atoms with van der Waals surface area (Å²) in [5.41, 5.74) is 2.41. The summed E-state index contributed by atoms with van der Waals surface area (Å²) < 4.78 is 26.5. The Hall–Kier alpha value is -2.32. The zero-order chi connectivity index (χ0) is 13.9. The molecule has 1 aromatic carbocycles. The summed E-state index contributed by atoms with van der Waals surface area (Å²) in [4.78, 5) is 13.7. The molecule has 0 atom stereocenters. The molecule has 19 heavy (non-hydrogen) atoms. The maximum atomic E-state index is 12.0. The molecule has 0 saturated heterocycles. The fraction of sp³-hybridized carbons (Fsp3) is 0. The van der Waals surface area contributed by atoms with Crippen LogP contribution in [0.25, 0.3) is 0 Å². The van der Waals surface area contributed by atoms with E-state index < -0.39 is 15.9 Å². The number of rotatable bonds is 4. The van der Waals surface area contributed by atoms with Crippen LogP contribution in [-0.4, -0.2) is 19.3 Å². The second kappa shape index (κ2) is 5.12. The van der Waals surface area contributed by atoms with Gasteiger partial charge in [0.25, 0.3) is 15.9 Å². The largest absolute Gasteiger partial charge is 0.356 e. The molecule has 5 N–H and O–H groups in total. The Morgan fingerprint density at radius 1 is 1.21 bits per heavy atom. The van der Waals surface area contributed by atoms with E-state index in [-0.39, 0.29) is 10.6 Å². The molecule has 2 aromatic rings. The third-order valence-electron chi connectivity index (χ3n) is 2.37. The lowest BCUT2D eigenvalue weighted by molar-refractivity contribution is 0.0949. The Morgan fingerprint density at radius 2 is 1.89 bits per heavy atom. The standard InChI is InChI=1S/C11H12N4O3S/c12-14-11(16)10-6-9(7-13-10)19(17,18)15-8-4-2-1-3-5-8/h1-7,13,15H,12H2,(H,14,16). The zero-order valence-electron chi connectivity index (χ0n) is 9.75. The Kier molecular flexibility index (Phi) is 3.54. The summed E-state index contributed by atoms with van der Waals surface area (Å²) >= 11 is 0. The van der Waals surface area contributed by atoms with Gasteiger partial charge in [-0.05, 0) is 18.2 Å². The number of benzene rings is 1. The van der Waals surface area contributed by atoms with Crippen LogP contribution in [0.5, 0.6) is 0 Å². The van der Waals surface area contributed by atoms with Crippen LogP contribution >= 0.6 is 0 Å². The predicted octanol–water partition coefficient (Wildman–Crippen LogP) is 0.419. The minimum Gasteiger partial charge on any atom is -0.356 e. The van der Waals surface area contributed by atoms with E-state index in [0.29, 0.717) is 5.69 Å². The molecule has 0 aliphatic rings. The van der Waals surface area contributed by atoms with Crippen LogP contribution in [0, 0.1) is 0 Å². The molecule has 1 aromatic heterocycles. The van der Waals surface area contributed by atoms with E-state index in [1.54, 1.807) is 30.3 Å². The molecule has 0 spiro atoms. The first-order chi connectivity index (χ1) is 9.03. The van der Waals surface area contributed by atoms with Gasteiger partial charge in [-0.1, -0.05) is 18.2 Å². The Labute approximate surface area is 109 Å². The molecule has 0 fully saturated rings. The zero-order valence-corrected chi connectivity index (χ0v) is 10.6. The highest BCUT2D eigenvalue weighted by atomic mass is 32.2. The molecule has 0 saturated carbocycles. The van der Waals surface area contributed by atoms with Crippen molar-refractivity contribution < 1.29 is 13.2 Å². The van der Waals surface area contributed by atoms with Gasteiger partial charge in [-0.25, -0.2) is 14.3 Å². The number of hydrazine groups is 1. The third kappa shape index (κ3) is 2.92. The molecule has 8 heteroatoms. The molecular formula is C11H12N4O3S. The molecule has 100 valence electrons. The first-order valence-corrected chi connectivity index (χ1v) is 6.78. The van der Waals surface area contributed by atoms with Crippen LogP contribution in [0.3, 0.4) is 0 Å². The fourth-order valence-corrected chi connectivity index (χ4v) is 2.51. The van der Waals surface area contributed by atoms with Crippen molar-refractivity contribution in [3.63, 3.8) is 0 Å². The van der Waals surface area contributed by atoms with Crippen LogP contribution in [0.2, 0.25) is 0 Å². The van der Waals surface area contributed by atoms with E-state index in [1.807, 2.05) is 5.43 Å². The molecule has 7 nitrogen and oxygen atoms in total. The van der Waals surface area contributed by atoms with Crippen molar-refractivity contribution >= 4 is 21.6 Å². The maximum absolute atomic E-state index is 12.0. The van der Waals surface area contributed by atoms with E-state index in [2.05, 4.69) is 9.71 Å². The first kappa shape index (κ1) is 13.1. The van der Waals surface area contributed by atoms with Crippen molar-refractivity contribution in [2.45, 2.75) is 4.90 Å². The smallest absolute Gasteiger partial charge is 0.281 e. The SMILES string of the molecule is NNC(=O)c1cc(S(=O)(=O)Nc2ccccc2)c[nH]1. The Morgan fingerprint density at radius 3 is 2.53 bits per heavy atom. The summed E-state index contributed by atoms with van der Waals surface area (Å²) in [6, 6.07) is 9.64. The summed E-state index contributed by atoms with van der Waals surface area (Å²) in [5.74, 6) is 4.37. The minimum absolute atomic E-state index is 0.0463. The summed E-state index contributed by atoms with van der Waals surface area (Å²) in [6.07, 6.45) is 1.22. The predicted molar refractivity (Wildman–Crippen MR) is 69.7 cm³/mol. The third-order valence-corrected chi connectivity index (χ3v) is 3.73. The number of carbonyl (C=O) groups excluding carboxylic acids is 1. The number of aromatic nitrogens is 1. The summed E-state index contributed by atoms with van der Waals surface area (Å²) in [7, 11) is -3.74. The number of aromatic amines is 1. The van der Waals surface area contributed by atoms with Gasteiger partial charge in [-0.2, -0.15) is 0 Å². The number of nitrogen functional groups attached to an aromatic ring is 1. The Balaban J connectivity index is 2.25. The molecular weight excluding hydrogens is 268 g/mol. The van der Waals surface area contributed by atoms with Crippen molar-refractivity contribution in [3.8, 4) is 0 Å². The number of para-hydroxylation sites is 1. The molecule has 1 heterocycles. The number of carbonyl (C=O) groups is 1. The minimum atomic E-state index is -3.74. The summed E-state index contributed by atoms with van der Waals surface area (Å²) in [6.45, 7) is 0. The number of hydrogen-bond donors (Lipinski definition) is 4. The van der Waals surface area contributed by atoms with Gasteiger partial charge in [0.05, 0.1) is 0 Å². The second-order valence-electron chi connectivity index (χ2n) is 3.69. The van der Waals surface area contributed by atoms with Gasteiger partial charge in [0, 0.05) is 11.9 Å². The Bertz CT molecular complexity index is 679. The lowest BCUT2D eigenvalue weighted by Crippen LogP contribution is -2.30. The molecule has 0 aliphatic heterocycles. The fourth-order valence-electron chi connectivity index (χ4n) is 1.46. The van der Waals surface area contributed by atoms with Gasteiger partial charge >= 0.3 is 0 Å². The van der Waals surface area contributed by atoms with Crippen molar-refractivity contribution in [1.82, 2.24) is 10.4 Å². The van der Waals surface area contributed by atoms with Crippen molar-refractivity contribution in [3.05, 3.63) is 48.3 Å². The highest BCUT2D eigenvalue weighted by Crippen LogP contribution is 2.16. The van der Waals surface area contributed by atoms with E-state index in [1.165, 1.54) is 12.3 Å². The number of H-pyrrole nitrogens is 1. The van der Waals surface area contributed by atoms with Crippen LogP contribution in [0.1, 0.15) is 10.5 Å². The number of nitrogens with two attached hydrogens (primary N) is 1. The van der Waals surface area contributed by atoms with E-state index in [4.69, 9.17) is 5.84 Å². The van der Waals surface area contributed by atoms with Crippen LogP contribution in [0.15, 0.2) is 47.5 Å². The van der Waals surface area contributed by atoms with E-state index in [0.717, 1.165) is 0 Å². The van der Waals surface area contributed by atoms with Gasteiger partial charge in [0.2, 0.25) is 0 Å². The quantitative estimate of drug-likeness (QED) is 0.369. The van der Waals surface area contributed by atoms with Gasteiger partial charge in [-0.3, -0.25) is 14.9 Å². The monoisotopic (exact) mass is 280 g/mol. The molecule has 1 amide bonds. The number of amides is 1. The van der Waals surface area contributed by atoms with E-state index in [9.17, 15) is 13.2 Å². The normalized spacial score (nSPS) is 11.0. The topological polar surface area (TPSA) is 117 Å². The number of sulfonamides is 1. The van der Waals surface area contributed by atoms with Gasteiger partial charge < -0.3 is 4.98 Å². The molecule has 0 unspecified atom stereocenters. The van der Waals surface area contributed by atoms with Crippen molar-refractivity contribution in [1.29, 1.82) is 0 Å². The molecule has 2 rings (SSSR count). The van der Waals surface area contributed by atoms with Crippen molar-refractivity contribution in [2.24, 2.45) is 5.84 Å². The van der Waals surface area contributed by atoms with Gasteiger partial charge in [0.15, 0.2) is 0 Å². The lowest BCUT2D eigenvalue weighted by Gasteiger charge is -2.05. The molecule has 0 bridgehead atoms. The second-order valence-corrected chi connectivity index (χ2v) is 5.38. The number of hydrogen-bond acceptors (Lipinski definition) is 4. The van der Waals surface area contributed by atoms with E-state index >= 15 is 0 Å². The first-order valence-electron chi connectivity index (χ1n) is 5.30. The number of nitrogens with one attached hydrogen (secondary N) is 3. The molecule has 0 aliphatic carbocycles. The number of anilines is 1. The average Bonchev–Trinajstić information content (AvgIpc) is 2.89. The molecule has 0 radical (unpaired) electrons. The average molecular weight is 280 g/mol. The van der Waals surface area contributed by atoms with Gasteiger partial charge in [0.1, 0.15) is 10.6 Å². The van der Waals surface area contributed by atoms with Gasteiger partial charge in [-0.15, -0.1) is 0 Å². The highest BCUT2D eigenvalue weighted by molar-refractivity contribution is 7.92. The summed E-state index contributed by atoms with van der Waals surface area (Å²) in [5, 5.41) is 0. The van der Waals surface area contributed by atoms with Crippen LogP contribution in [0.4, 0.5) is 5.69 Å². The van der Waals surface area contributed by atoms with Crippen LogP contribution < -0.4 is 16.0 Å². The maximum Gasteiger partial charge on any atom is 0.281 e. The highest BCUT2D eigenvalue weighted by Gasteiger charge is 2.18. The van der Waals surface area contributed by atoms with Crippen molar-refractivity contribution in [2.75, 3.05) is 4.72 Å². The van der Waals surface area contributed by atoms with Crippen LogP contribution in [-0.2, 0) is 10.0 Å². The lowest BCUT2D eigenvalue weighted by atomic mass is 10.3.